The minimum atomic E-state index is -0.188. The van der Waals surface area contributed by atoms with Crippen LogP contribution in [0.5, 0.6) is 11.5 Å². The van der Waals surface area contributed by atoms with Crippen molar-refractivity contribution < 1.29 is 18.7 Å². The van der Waals surface area contributed by atoms with Crippen molar-refractivity contribution in [2.45, 2.75) is 5.22 Å². The van der Waals surface area contributed by atoms with E-state index in [0.717, 1.165) is 20.2 Å². The van der Waals surface area contributed by atoms with Crippen LogP contribution in [-0.2, 0) is 4.79 Å². The number of methoxy groups -OCH3 is 2. The van der Waals surface area contributed by atoms with Gasteiger partial charge in [-0.05, 0) is 18.2 Å². The molecule has 0 aliphatic rings. The van der Waals surface area contributed by atoms with Crippen molar-refractivity contribution in [1.29, 1.82) is 0 Å². The van der Waals surface area contributed by atoms with Gasteiger partial charge in [-0.2, -0.15) is 0 Å². The van der Waals surface area contributed by atoms with Crippen molar-refractivity contribution in [1.82, 2.24) is 9.97 Å². The summed E-state index contributed by atoms with van der Waals surface area (Å²) in [6.45, 7) is 0. The number of ether oxygens (including phenoxy) is 2. The quantitative estimate of drug-likeness (QED) is 0.391. The SMILES string of the molecule is COc1cc2nc(NC(=O)CSc3nc4cc(Br)ccc4o3)sc2cc1OC. The molecule has 144 valence electrons. The van der Waals surface area contributed by atoms with Crippen LogP contribution in [-0.4, -0.2) is 35.8 Å². The highest BCUT2D eigenvalue weighted by molar-refractivity contribution is 9.10. The molecule has 0 saturated carbocycles. The molecule has 4 aromatic rings. The summed E-state index contributed by atoms with van der Waals surface area (Å²) in [6, 6.07) is 9.21. The lowest BCUT2D eigenvalue weighted by atomic mass is 10.3. The number of nitrogens with zero attached hydrogens (tertiary/aromatic N) is 2. The minimum absolute atomic E-state index is 0.163. The van der Waals surface area contributed by atoms with Crippen LogP contribution >= 0.6 is 39.0 Å². The van der Waals surface area contributed by atoms with E-state index >= 15 is 0 Å². The summed E-state index contributed by atoms with van der Waals surface area (Å²) in [5, 5.41) is 3.77. The fourth-order valence-electron chi connectivity index (χ4n) is 2.53. The number of amides is 1. The first-order valence-electron chi connectivity index (χ1n) is 8.07. The summed E-state index contributed by atoms with van der Waals surface area (Å²) in [4.78, 5) is 21.1. The smallest absolute Gasteiger partial charge is 0.257 e. The van der Waals surface area contributed by atoms with Crippen molar-refractivity contribution in [3.63, 3.8) is 0 Å². The summed E-state index contributed by atoms with van der Waals surface area (Å²) < 4.78 is 18.0. The molecule has 0 fully saturated rings. The van der Waals surface area contributed by atoms with E-state index in [1.807, 2.05) is 24.3 Å². The van der Waals surface area contributed by atoms with Crippen LogP contribution in [0.2, 0.25) is 0 Å². The highest BCUT2D eigenvalue weighted by atomic mass is 79.9. The second kappa shape index (κ2) is 7.98. The molecule has 0 radical (unpaired) electrons. The van der Waals surface area contributed by atoms with Crippen LogP contribution in [0.15, 0.2) is 44.4 Å². The number of thioether (sulfide) groups is 1. The number of hydrogen-bond acceptors (Lipinski definition) is 8. The third-order valence-electron chi connectivity index (χ3n) is 3.80. The average Bonchev–Trinajstić information content (AvgIpc) is 3.26. The van der Waals surface area contributed by atoms with Crippen LogP contribution < -0.4 is 14.8 Å². The summed E-state index contributed by atoms with van der Waals surface area (Å²) in [5.74, 6) is 1.19. The lowest BCUT2D eigenvalue weighted by molar-refractivity contribution is -0.113. The van der Waals surface area contributed by atoms with Crippen LogP contribution in [0, 0.1) is 0 Å². The fraction of sp³-hybridized carbons (Fsp3) is 0.167. The summed E-state index contributed by atoms with van der Waals surface area (Å²) in [7, 11) is 3.15. The van der Waals surface area contributed by atoms with Gasteiger partial charge in [0.2, 0.25) is 5.91 Å². The third-order valence-corrected chi connectivity index (χ3v) is 6.05. The highest BCUT2D eigenvalue weighted by Gasteiger charge is 2.14. The Hall–Kier alpha value is -2.30. The Morgan fingerprint density at radius 1 is 1.18 bits per heavy atom. The number of anilines is 1. The summed E-state index contributed by atoms with van der Waals surface area (Å²) in [6.07, 6.45) is 0. The Morgan fingerprint density at radius 2 is 1.96 bits per heavy atom. The van der Waals surface area contributed by atoms with Crippen molar-refractivity contribution in [2.75, 3.05) is 25.3 Å². The molecular weight excluding hydrogens is 466 g/mol. The number of nitrogens with one attached hydrogen (secondary N) is 1. The standard InChI is InChI=1S/C18H14BrN3O4S2/c1-24-13-6-11-15(7-14(13)25-2)28-17(20-11)22-16(23)8-27-18-21-10-5-9(19)3-4-12(10)26-18/h3-7H,8H2,1-2H3,(H,20,22,23). The van der Waals surface area contributed by atoms with Crippen molar-refractivity contribution >= 4 is 71.4 Å². The predicted molar refractivity (Wildman–Crippen MR) is 114 cm³/mol. The molecule has 28 heavy (non-hydrogen) atoms. The van der Waals surface area contributed by atoms with E-state index in [2.05, 4.69) is 31.2 Å². The van der Waals surface area contributed by atoms with Crippen LogP contribution in [0.1, 0.15) is 0 Å². The number of benzene rings is 2. The first kappa shape index (κ1) is 19.0. The van der Waals surface area contributed by atoms with E-state index in [1.54, 1.807) is 20.3 Å². The molecule has 0 spiro atoms. The average molecular weight is 480 g/mol. The molecule has 1 N–H and O–H groups in total. The Balaban J connectivity index is 1.44. The molecule has 2 aromatic carbocycles. The third kappa shape index (κ3) is 3.94. The lowest BCUT2D eigenvalue weighted by Crippen LogP contribution is -2.13. The number of halogens is 1. The highest BCUT2D eigenvalue weighted by Crippen LogP contribution is 2.36. The van der Waals surface area contributed by atoms with Gasteiger partial charge in [0, 0.05) is 16.6 Å². The zero-order valence-electron chi connectivity index (χ0n) is 14.8. The van der Waals surface area contributed by atoms with Crippen molar-refractivity contribution in [3.8, 4) is 11.5 Å². The van der Waals surface area contributed by atoms with Gasteiger partial charge in [-0.3, -0.25) is 4.79 Å². The first-order chi connectivity index (χ1) is 13.6. The number of fused-ring (bicyclic) bond motifs is 2. The van der Waals surface area contributed by atoms with Crippen LogP contribution in [0.4, 0.5) is 5.13 Å². The largest absolute Gasteiger partial charge is 0.493 e. The van der Waals surface area contributed by atoms with E-state index in [9.17, 15) is 4.79 Å². The number of aromatic nitrogens is 2. The zero-order chi connectivity index (χ0) is 19.7. The maximum Gasteiger partial charge on any atom is 0.257 e. The lowest BCUT2D eigenvalue weighted by Gasteiger charge is -2.05. The Labute approximate surface area is 176 Å². The van der Waals surface area contributed by atoms with E-state index in [4.69, 9.17) is 13.9 Å². The Kier molecular flexibility index (Phi) is 5.42. The number of carbonyl (C=O) groups is 1. The predicted octanol–water partition coefficient (Wildman–Crippen LogP) is 4.95. The molecule has 0 saturated heterocycles. The van der Waals surface area contributed by atoms with Gasteiger partial charge in [-0.25, -0.2) is 9.97 Å². The Bertz CT molecular complexity index is 1130. The fourth-order valence-corrected chi connectivity index (χ4v) is 4.41. The van der Waals surface area contributed by atoms with E-state index in [1.165, 1.54) is 23.1 Å². The molecule has 0 aliphatic heterocycles. The van der Waals surface area contributed by atoms with Gasteiger partial charge in [0.05, 0.1) is 30.2 Å². The van der Waals surface area contributed by atoms with Gasteiger partial charge in [-0.1, -0.05) is 39.0 Å². The molecule has 2 heterocycles. The molecule has 0 atom stereocenters. The maximum absolute atomic E-state index is 12.3. The zero-order valence-corrected chi connectivity index (χ0v) is 18.0. The Morgan fingerprint density at radius 3 is 2.75 bits per heavy atom. The molecule has 0 bridgehead atoms. The van der Waals surface area contributed by atoms with Crippen LogP contribution in [0.25, 0.3) is 21.3 Å². The number of hydrogen-bond donors (Lipinski definition) is 1. The van der Waals surface area contributed by atoms with E-state index in [-0.39, 0.29) is 11.7 Å². The molecule has 1 amide bonds. The molecular formula is C18H14BrN3O4S2. The molecule has 7 nitrogen and oxygen atoms in total. The monoisotopic (exact) mass is 479 g/mol. The van der Waals surface area contributed by atoms with E-state index in [0.29, 0.717) is 27.4 Å². The molecule has 4 rings (SSSR count). The molecule has 10 heteroatoms. The first-order valence-corrected chi connectivity index (χ1v) is 10.7. The number of thiazole rings is 1. The van der Waals surface area contributed by atoms with Gasteiger partial charge in [-0.15, -0.1) is 0 Å². The number of rotatable bonds is 6. The normalized spacial score (nSPS) is 11.1. The summed E-state index contributed by atoms with van der Waals surface area (Å²) in [5.41, 5.74) is 2.15. The van der Waals surface area contributed by atoms with Crippen LogP contribution in [0.3, 0.4) is 0 Å². The molecule has 2 aromatic heterocycles. The van der Waals surface area contributed by atoms with Gasteiger partial charge in [0.15, 0.2) is 22.2 Å². The second-order valence-electron chi connectivity index (χ2n) is 5.62. The van der Waals surface area contributed by atoms with Gasteiger partial charge in [0.1, 0.15) is 5.52 Å². The van der Waals surface area contributed by atoms with Gasteiger partial charge < -0.3 is 19.2 Å². The number of carbonyl (C=O) groups excluding carboxylic acids is 1. The molecule has 0 aliphatic carbocycles. The minimum Gasteiger partial charge on any atom is -0.493 e. The van der Waals surface area contributed by atoms with Crippen molar-refractivity contribution in [3.05, 3.63) is 34.8 Å². The second-order valence-corrected chi connectivity index (χ2v) is 8.50. The van der Waals surface area contributed by atoms with Gasteiger partial charge in [0.25, 0.3) is 5.22 Å². The topological polar surface area (TPSA) is 86.5 Å². The van der Waals surface area contributed by atoms with E-state index < -0.39 is 0 Å². The summed E-state index contributed by atoms with van der Waals surface area (Å²) >= 11 is 6.00. The molecule has 0 unspecified atom stereocenters. The maximum atomic E-state index is 12.3. The number of oxazole rings is 1. The van der Waals surface area contributed by atoms with Crippen molar-refractivity contribution in [2.24, 2.45) is 0 Å². The van der Waals surface area contributed by atoms with Gasteiger partial charge >= 0.3 is 0 Å².